The molecule has 9 nitrogen and oxygen atoms in total. The van der Waals surface area contributed by atoms with Crippen LogP contribution in [0.15, 0.2) is 42.9 Å². The fraction of sp³-hybridized carbons (Fsp3) is 0.448. The molecule has 0 spiro atoms. The molecule has 3 fully saturated rings. The van der Waals surface area contributed by atoms with Gasteiger partial charge in [0, 0.05) is 91.1 Å². The van der Waals surface area contributed by atoms with Crippen LogP contribution in [0.4, 0.5) is 11.6 Å². The van der Waals surface area contributed by atoms with Gasteiger partial charge in [-0.1, -0.05) is 0 Å². The number of carbonyl (C=O) groups is 1. The van der Waals surface area contributed by atoms with Crippen LogP contribution in [0.2, 0.25) is 0 Å². The Kier molecular flexibility index (Phi) is 5.78. The highest BCUT2D eigenvalue weighted by molar-refractivity contribution is 6.10. The van der Waals surface area contributed by atoms with E-state index in [0.717, 1.165) is 66.7 Å². The summed E-state index contributed by atoms with van der Waals surface area (Å²) in [5.74, 6) is 1.68. The molecule has 7 rings (SSSR count). The lowest BCUT2D eigenvalue weighted by Gasteiger charge is -2.14. The molecule has 9 heteroatoms. The van der Waals surface area contributed by atoms with Crippen molar-refractivity contribution in [2.45, 2.75) is 57.7 Å². The quantitative estimate of drug-likeness (QED) is 0.322. The lowest BCUT2D eigenvalue weighted by Crippen LogP contribution is -2.22. The van der Waals surface area contributed by atoms with Gasteiger partial charge in [-0.25, -0.2) is 9.67 Å². The Labute approximate surface area is 221 Å². The Bertz CT molecular complexity index is 1510. The molecular formula is C29H33N7O2. The summed E-state index contributed by atoms with van der Waals surface area (Å²) in [5, 5.41) is 9.10. The minimum Gasteiger partial charge on any atom is -0.380 e. The Morgan fingerprint density at radius 2 is 2.00 bits per heavy atom. The summed E-state index contributed by atoms with van der Waals surface area (Å²) in [4.78, 5) is 24.6. The molecule has 4 aromatic rings. The van der Waals surface area contributed by atoms with Crippen molar-refractivity contribution in [1.29, 1.82) is 0 Å². The maximum Gasteiger partial charge on any atom is 0.229 e. The van der Waals surface area contributed by atoms with Gasteiger partial charge in [0.2, 0.25) is 5.95 Å². The van der Waals surface area contributed by atoms with Crippen LogP contribution in [0.5, 0.6) is 0 Å². The van der Waals surface area contributed by atoms with Crippen molar-refractivity contribution in [2.75, 3.05) is 25.5 Å². The molecule has 0 bridgehead atoms. The average molecular weight is 512 g/mol. The van der Waals surface area contributed by atoms with Crippen LogP contribution in [-0.2, 0) is 11.3 Å². The van der Waals surface area contributed by atoms with Gasteiger partial charge in [-0.2, -0.15) is 10.1 Å². The molecule has 38 heavy (non-hydrogen) atoms. The van der Waals surface area contributed by atoms with Crippen molar-refractivity contribution >= 4 is 28.3 Å². The van der Waals surface area contributed by atoms with Crippen LogP contribution in [-0.4, -0.2) is 61.3 Å². The number of hydrogen-bond acceptors (Lipinski definition) is 7. The highest BCUT2D eigenvalue weighted by Gasteiger charge is 2.34. The smallest absolute Gasteiger partial charge is 0.229 e. The van der Waals surface area contributed by atoms with Crippen molar-refractivity contribution < 1.29 is 9.53 Å². The molecule has 4 heterocycles. The Morgan fingerprint density at radius 3 is 2.76 bits per heavy atom. The second kappa shape index (κ2) is 9.32. The number of anilines is 2. The van der Waals surface area contributed by atoms with E-state index in [1.54, 1.807) is 13.3 Å². The van der Waals surface area contributed by atoms with E-state index >= 15 is 0 Å². The van der Waals surface area contributed by atoms with Gasteiger partial charge in [0.1, 0.15) is 0 Å². The summed E-state index contributed by atoms with van der Waals surface area (Å²) in [5.41, 5.74) is 5.03. The summed E-state index contributed by atoms with van der Waals surface area (Å²) in [6, 6.07) is 8.61. The van der Waals surface area contributed by atoms with Gasteiger partial charge in [-0.3, -0.25) is 9.69 Å². The first-order valence-electron chi connectivity index (χ1n) is 13.7. The van der Waals surface area contributed by atoms with E-state index in [-0.39, 0.29) is 11.7 Å². The first-order chi connectivity index (χ1) is 18.6. The number of ketones is 1. The highest BCUT2D eigenvalue weighted by atomic mass is 16.5. The predicted molar refractivity (Wildman–Crippen MR) is 145 cm³/mol. The number of likely N-dealkylation sites (tertiary alicyclic amines) is 1. The summed E-state index contributed by atoms with van der Waals surface area (Å²) in [6.45, 7) is 4.88. The number of nitrogens with one attached hydrogen (secondary N) is 1. The van der Waals surface area contributed by atoms with Crippen LogP contribution in [0, 0.1) is 12.8 Å². The minimum atomic E-state index is 0.194. The van der Waals surface area contributed by atoms with Gasteiger partial charge < -0.3 is 14.6 Å². The average Bonchev–Trinajstić information content (AvgIpc) is 3.85. The number of methoxy groups -OCH3 is 1. The molecule has 1 aliphatic heterocycles. The predicted octanol–water partition coefficient (Wildman–Crippen LogP) is 4.82. The topological polar surface area (TPSA) is 90.1 Å². The molecule has 1 atom stereocenters. The lowest BCUT2D eigenvalue weighted by atomic mass is 10.1. The standard InChI is InChI=1S/C29H33N7O2/c1-18-20(14-34-12-10-23(16-34)38-2)15-36(33-18)27-9-11-30-29(32-27)31-21-5-8-26-24(13-21)25(28(37)19-3-4-19)17-35(26)22-6-7-22/h5,8-9,11,13,15,17,19,22-23H,3-4,6-7,10,12,14,16H2,1-2H3,(H,30,31,32). The highest BCUT2D eigenvalue weighted by Crippen LogP contribution is 2.42. The zero-order chi connectivity index (χ0) is 25.8. The number of aromatic nitrogens is 5. The molecule has 2 saturated carbocycles. The number of hydrogen-bond donors (Lipinski definition) is 1. The summed E-state index contributed by atoms with van der Waals surface area (Å²) in [6.07, 6.45) is 11.6. The molecule has 196 valence electrons. The maximum atomic E-state index is 13.0. The van der Waals surface area contributed by atoms with Crippen LogP contribution < -0.4 is 5.32 Å². The SMILES string of the molecule is COC1CCN(Cc2cn(-c3ccnc(Nc4ccc5c(c4)c(C(=O)C4CC4)cn5C4CC4)n3)nc2C)C1. The fourth-order valence-electron chi connectivity index (χ4n) is 5.56. The van der Waals surface area contributed by atoms with Crippen molar-refractivity contribution in [1.82, 2.24) is 29.2 Å². The number of carbonyl (C=O) groups excluding carboxylic acids is 1. The zero-order valence-electron chi connectivity index (χ0n) is 21.9. The third kappa shape index (κ3) is 4.50. The summed E-state index contributed by atoms with van der Waals surface area (Å²) >= 11 is 0. The van der Waals surface area contributed by atoms with Gasteiger partial charge in [0.15, 0.2) is 11.6 Å². The van der Waals surface area contributed by atoms with E-state index < -0.39 is 0 Å². The first kappa shape index (κ1) is 23.5. The second-order valence-corrected chi connectivity index (χ2v) is 11.0. The zero-order valence-corrected chi connectivity index (χ0v) is 21.9. The summed E-state index contributed by atoms with van der Waals surface area (Å²) < 4.78 is 9.63. The van der Waals surface area contributed by atoms with E-state index in [1.165, 1.54) is 18.4 Å². The number of Topliss-reactive ketones (excluding diaryl/α,β-unsaturated/α-hetero) is 1. The lowest BCUT2D eigenvalue weighted by molar-refractivity contribution is 0.0969. The monoisotopic (exact) mass is 511 g/mol. The van der Waals surface area contributed by atoms with E-state index in [0.29, 0.717) is 23.9 Å². The number of aryl methyl sites for hydroxylation is 1. The van der Waals surface area contributed by atoms with E-state index in [2.05, 4.69) is 44.3 Å². The Balaban J connectivity index is 1.13. The number of nitrogens with zero attached hydrogens (tertiary/aromatic N) is 6. The van der Waals surface area contributed by atoms with Gasteiger partial charge in [0.25, 0.3) is 0 Å². The number of benzene rings is 1. The van der Waals surface area contributed by atoms with E-state index in [4.69, 9.17) is 14.8 Å². The second-order valence-electron chi connectivity index (χ2n) is 11.0. The van der Waals surface area contributed by atoms with Crippen LogP contribution >= 0.6 is 0 Å². The van der Waals surface area contributed by atoms with E-state index in [1.807, 2.05) is 23.7 Å². The van der Waals surface area contributed by atoms with Gasteiger partial charge >= 0.3 is 0 Å². The Morgan fingerprint density at radius 1 is 1.13 bits per heavy atom. The first-order valence-corrected chi connectivity index (χ1v) is 13.7. The van der Waals surface area contributed by atoms with Crippen LogP contribution in [0.25, 0.3) is 16.7 Å². The van der Waals surface area contributed by atoms with Crippen molar-refractivity contribution in [3.8, 4) is 5.82 Å². The normalized spacial score (nSPS) is 19.9. The van der Waals surface area contributed by atoms with Gasteiger partial charge in [0.05, 0.1) is 11.8 Å². The van der Waals surface area contributed by atoms with Crippen LogP contribution in [0.3, 0.4) is 0 Å². The maximum absolute atomic E-state index is 13.0. The molecule has 0 radical (unpaired) electrons. The Hall–Kier alpha value is -3.56. The fourth-order valence-corrected chi connectivity index (χ4v) is 5.56. The summed E-state index contributed by atoms with van der Waals surface area (Å²) in [7, 11) is 1.78. The third-order valence-corrected chi connectivity index (χ3v) is 8.08. The molecular weight excluding hydrogens is 478 g/mol. The third-order valence-electron chi connectivity index (χ3n) is 8.08. The molecule has 1 aromatic carbocycles. The molecule has 1 saturated heterocycles. The number of ether oxygens (including phenoxy) is 1. The van der Waals surface area contributed by atoms with Crippen LogP contribution in [0.1, 0.15) is 59.8 Å². The number of rotatable bonds is 9. The van der Waals surface area contributed by atoms with E-state index in [9.17, 15) is 4.79 Å². The number of fused-ring (bicyclic) bond motifs is 1. The molecule has 1 N–H and O–H groups in total. The molecule has 2 aliphatic carbocycles. The molecule has 1 unspecified atom stereocenters. The molecule has 3 aliphatic rings. The van der Waals surface area contributed by atoms with Crippen molar-refractivity contribution in [3.63, 3.8) is 0 Å². The molecule has 0 amide bonds. The largest absolute Gasteiger partial charge is 0.380 e. The minimum absolute atomic E-state index is 0.194. The molecule has 3 aromatic heterocycles. The van der Waals surface area contributed by atoms with Gasteiger partial charge in [-0.05, 0) is 57.2 Å². The van der Waals surface area contributed by atoms with Crippen molar-refractivity contribution in [3.05, 3.63) is 59.7 Å². The van der Waals surface area contributed by atoms with Gasteiger partial charge in [-0.15, -0.1) is 0 Å². The van der Waals surface area contributed by atoms with Crippen molar-refractivity contribution in [2.24, 2.45) is 5.92 Å².